The molecule has 1 aromatic rings. The summed E-state index contributed by atoms with van der Waals surface area (Å²) in [5, 5.41) is 4.37. The highest BCUT2D eigenvalue weighted by atomic mass is 79.9. The first-order chi connectivity index (χ1) is 7.29. The maximum absolute atomic E-state index is 5.68. The van der Waals surface area contributed by atoms with E-state index in [1.165, 1.54) is 0 Å². The molecule has 4 nitrogen and oxygen atoms in total. The number of nitrogens with two attached hydrogens (primary N) is 1. The van der Waals surface area contributed by atoms with E-state index in [1.807, 2.05) is 10.9 Å². The molecule has 1 heterocycles. The van der Waals surface area contributed by atoms with Crippen LogP contribution in [0.3, 0.4) is 0 Å². The minimum Gasteiger partial charge on any atom is -0.271 e. The van der Waals surface area contributed by atoms with Crippen LogP contribution in [0.25, 0.3) is 0 Å². The molecular formula is C11H21BrN4. The molecule has 92 valence electrons. The first-order valence-corrected chi connectivity index (χ1v) is 6.27. The molecular weight excluding hydrogens is 268 g/mol. The molecule has 1 rings (SSSR count). The van der Waals surface area contributed by atoms with Crippen LogP contribution in [-0.2, 0) is 0 Å². The molecule has 16 heavy (non-hydrogen) atoms. The number of aromatic nitrogens is 2. The minimum absolute atomic E-state index is 0.0317. The summed E-state index contributed by atoms with van der Waals surface area (Å²) in [5.41, 5.74) is 4.02. The van der Waals surface area contributed by atoms with Gasteiger partial charge in [-0.3, -0.25) is 16.0 Å². The van der Waals surface area contributed by atoms with E-state index in [0.29, 0.717) is 6.04 Å². The Kier molecular flexibility index (Phi) is 4.15. The van der Waals surface area contributed by atoms with E-state index >= 15 is 0 Å². The summed E-state index contributed by atoms with van der Waals surface area (Å²) < 4.78 is 3.00. The summed E-state index contributed by atoms with van der Waals surface area (Å²) in [6.07, 6.45) is 1.82. The highest BCUT2D eigenvalue weighted by molar-refractivity contribution is 9.10. The van der Waals surface area contributed by atoms with Gasteiger partial charge in [-0.2, -0.15) is 5.10 Å². The quantitative estimate of drug-likeness (QED) is 0.664. The van der Waals surface area contributed by atoms with Crippen LogP contribution in [0.5, 0.6) is 0 Å². The molecule has 0 radical (unpaired) electrons. The molecule has 0 spiro atoms. The largest absolute Gasteiger partial charge is 0.271 e. The molecule has 0 amide bonds. The van der Waals surface area contributed by atoms with Gasteiger partial charge in [-0.15, -0.1) is 0 Å². The molecule has 0 saturated carbocycles. The zero-order chi connectivity index (χ0) is 12.5. The molecule has 0 aromatic carbocycles. The van der Waals surface area contributed by atoms with Crippen LogP contribution in [0.2, 0.25) is 0 Å². The summed E-state index contributed by atoms with van der Waals surface area (Å²) in [6.45, 7) is 10.7. The number of nitrogens with zero attached hydrogens (tertiary/aromatic N) is 2. The van der Waals surface area contributed by atoms with Crippen LogP contribution >= 0.6 is 15.9 Å². The fourth-order valence-electron chi connectivity index (χ4n) is 1.77. The van der Waals surface area contributed by atoms with Gasteiger partial charge in [-0.05, 0) is 35.2 Å². The Morgan fingerprint density at radius 1 is 1.44 bits per heavy atom. The molecule has 5 heteroatoms. The van der Waals surface area contributed by atoms with Crippen molar-refractivity contribution in [2.75, 3.05) is 0 Å². The Balaban J connectivity index is 3.24. The van der Waals surface area contributed by atoms with E-state index < -0.39 is 0 Å². The average Bonchev–Trinajstić information content (AvgIpc) is 2.47. The van der Waals surface area contributed by atoms with Crippen molar-refractivity contribution in [3.8, 4) is 0 Å². The number of rotatable bonds is 3. The predicted octanol–water partition coefficient (Wildman–Crippen LogP) is 2.78. The lowest BCUT2D eigenvalue weighted by Gasteiger charge is -2.31. The Labute approximate surface area is 106 Å². The van der Waals surface area contributed by atoms with Crippen molar-refractivity contribution < 1.29 is 0 Å². The van der Waals surface area contributed by atoms with Gasteiger partial charge >= 0.3 is 0 Å². The van der Waals surface area contributed by atoms with Gasteiger partial charge in [0, 0.05) is 6.04 Å². The third-order valence-corrected chi connectivity index (χ3v) is 3.19. The Morgan fingerprint density at radius 3 is 2.38 bits per heavy atom. The van der Waals surface area contributed by atoms with E-state index in [0.717, 1.165) is 10.2 Å². The van der Waals surface area contributed by atoms with Gasteiger partial charge in [0.1, 0.15) is 0 Å². The monoisotopic (exact) mass is 288 g/mol. The lowest BCUT2D eigenvalue weighted by atomic mass is 9.85. The first-order valence-electron chi connectivity index (χ1n) is 5.48. The zero-order valence-corrected chi connectivity index (χ0v) is 12.2. The van der Waals surface area contributed by atoms with E-state index in [9.17, 15) is 0 Å². The van der Waals surface area contributed by atoms with Crippen LogP contribution in [0.4, 0.5) is 0 Å². The summed E-state index contributed by atoms with van der Waals surface area (Å²) >= 11 is 3.54. The number of halogens is 1. The molecule has 0 saturated heterocycles. The third kappa shape index (κ3) is 2.64. The molecule has 0 aliphatic rings. The molecule has 1 aromatic heterocycles. The second-order valence-electron chi connectivity index (χ2n) is 5.38. The van der Waals surface area contributed by atoms with Crippen molar-refractivity contribution in [3.63, 3.8) is 0 Å². The van der Waals surface area contributed by atoms with Gasteiger partial charge in [0.05, 0.1) is 22.4 Å². The number of nitrogens with one attached hydrogen (secondary N) is 1. The van der Waals surface area contributed by atoms with Gasteiger partial charge < -0.3 is 0 Å². The molecule has 1 unspecified atom stereocenters. The van der Waals surface area contributed by atoms with Gasteiger partial charge in [0.2, 0.25) is 0 Å². The molecule has 0 aliphatic heterocycles. The van der Waals surface area contributed by atoms with E-state index in [4.69, 9.17) is 5.84 Å². The SMILES string of the molecule is CC(C)n1ncc(Br)c1C(NN)C(C)(C)C. The summed E-state index contributed by atoms with van der Waals surface area (Å²) in [6, 6.07) is 0.381. The fourth-order valence-corrected chi connectivity index (χ4v) is 2.27. The van der Waals surface area contributed by atoms with Crippen molar-refractivity contribution in [2.24, 2.45) is 11.3 Å². The lowest BCUT2D eigenvalue weighted by Crippen LogP contribution is -2.38. The van der Waals surface area contributed by atoms with Crippen molar-refractivity contribution >= 4 is 15.9 Å². The predicted molar refractivity (Wildman–Crippen MR) is 69.8 cm³/mol. The maximum atomic E-state index is 5.68. The molecule has 0 bridgehead atoms. The van der Waals surface area contributed by atoms with E-state index in [2.05, 4.69) is 61.1 Å². The van der Waals surface area contributed by atoms with Gasteiger partial charge in [0.25, 0.3) is 0 Å². The topological polar surface area (TPSA) is 55.9 Å². The van der Waals surface area contributed by atoms with Gasteiger partial charge in [-0.1, -0.05) is 20.8 Å². The maximum Gasteiger partial charge on any atom is 0.0717 e. The molecule has 1 atom stereocenters. The smallest absolute Gasteiger partial charge is 0.0717 e. The zero-order valence-electron chi connectivity index (χ0n) is 10.6. The molecule has 0 aliphatic carbocycles. The Bertz CT molecular complexity index is 351. The number of hydrogen-bond acceptors (Lipinski definition) is 3. The summed E-state index contributed by atoms with van der Waals surface area (Å²) in [7, 11) is 0. The van der Waals surface area contributed by atoms with Crippen molar-refractivity contribution in [3.05, 3.63) is 16.4 Å². The minimum atomic E-state index is 0.0317. The number of hydrazine groups is 1. The third-order valence-electron chi connectivity index (χ3n) is 2.58. The standard InChI is InChI=1S/C11H21BrN4/c1-7(2)16-9(8(12)6-14-16)10(15-13)11(3,4)5/h6-7,10,15H,13H2,1-5H3. The van der Waals surface area contributed by atoms with Crippen LogP contribution < -0.4 is 11.3 Å². The second kappa shape index (κ2) is 4.85. The average molecular weight is 289 g/mol. The van der Waals surface area contributed by atoms with E-state index in [1.54, 1.807) is 0 Å². The highest BCUT2D eigenvalue weighted by Gasteiger charge is 2.30. The van der Waals surface area contributed by atoms with E-state index in [-0.39, 0.29) is 11.5 Å². The summed E-state index contributed by atoms with van der Waals surface area (Å²) in [4.78, 5) is 0. The van der Waals surface area contributed by atoms with Gasteiger partial charge in [0.15, 0.2) is 0 Å². The Hall–Kier alpha value is -0.390. The second-order valence-corrected chi connectivity index (χ2v) is 6.24. The van der Waals surface area contributed by atoms with Crippen LogP contribution in [0.1, 0.15) is 52.4 Å². The van der Waals surface area contributed by atoms with Crippen molar-refractivity contribution in [2.45, 2.75) is 46.7 Å². The van der Waals surface area contributed by atoms with Gasteiger partial charge in [-0.25, -0.2) is 0 Å². The molecule has 0 fully saturated rings. The summed E-state index contributed by atoms with van der Waals surface area (Å²) in [5.74, 6) is 5.68. The number of hydrogen-bond donors (Lipinski definition) is 2. The van der Waals surface area contributed by atoms with Crippen LogP contribution in [0, 0.1) is 5.41 Å². The highest BCUT2D eigenvalue weighted by Crippen LogP contribution is 2.36. The lowest BCUT2D eigenvalue weighted by molar-refractivity contribution is 0.256. The molecule has 3 N–H and O–H groups in total. The van der Waals surface area contributed by atoms with Crippen molar-refractivity contribution in [1.29, 1.82) is 0 Å². The fraction of sp³-hybridized carbons (Fsp3) is 0.727. The van der Waals surface area contributed by atoms with Crippen LogP contribution in [-0.4, -0.2) is 9.78 Å². The van der Waals surface area contributed by atoms with Crippen LogP contribution in [0.15, 0.2) is 10.7 Å². The Morgan fingerprint density at radius 2 is 2.00 bits per heavy atom. The normalized spacial score (nSPS) is 14.5. The first kappa shape index (κ1) is 13.7. The van der Waals surface area contributed by atoms with Crippen molar-refractivity contribution in [1.82, 2.24) is 15.2 Å².